The molecule has 5 aromatic rings. The summed E-state index contributed by atoms with van der Waals surface area (Å²) in [4.78, 5) is 197. The zero-order valence-corrected chi connectivity index (χ0v) is 64.4. The Morgan fingerprint density at radius 1 is 0.402 bits per heavy atom. The Morgan fingerprint density at radius 3 is 1.18 bits per heavy atom. The number of para-hydroxylation sites is 1. The average Bonchev–Trinajstić information content (AvgIpc) is 1.58. The van der Waals surface area contributed by atoms with Crippen molar-refractivity contribution in [3.05, 3.63) is 144 Å². The number of carbonyl (C=O) groups is 14. The molecule has 0 aliphatic carbocycles. The van der Waals surface area contributed by atoms with Gasteiger partial charge in [-0.25, -0.2) is 4.79 Å². The van der Waals surface area contributed by atoms with Crippen molar-refractivity contribution in [2.24, 2.45) is 17.2 Å². The molecule has 2 unspecified atom stereocenters. The molecular weight excluding hydrogens is 1490 g/mol. The lowest BCUT2D eigenvalue weighted by molar-refractivity contribution is -0.142. The van der Waals surface area contributed by atoms with Crippen molar-refractivity contribution < 1.29 is 87.5 Å². The minimum absolute atomic E-state index is 0.0374. The standard InChI is InChI=1S/C75H105N17O18S2/c1-41(78)63(97)80-37-60(96)82-58(39-111)72(106)84-51(28-16-18-30-76)65(99)81-42(2)64(98)85-53(32-45-20-8-5-9-21-45)67(101)86-54(33-46-22-10-6-11-23-46)68(102)87-56(35-48-36-79-50-27-15-14-26-49(48)50)69(103)83-52(29-17-19-31-77)66(100)91-61(43(3)94)73(107)88-55(34-47-24-12-7-13-25-47)70(104)92-62(44(4)95)74(108)89-57(38-93)71(105)90-59(40-112)75(109)110/h5-15,20-27,36,41-44,51-59,61-62,79,93-95,111-112H,16-19,28-35,37-40,76-78H2,1-4H3,(H,80,97)(H,81,99)(H,82,96)(H,83,103)(H,84,106)(H,85,98)(H,86,101)(H,87,102)(H,88,107)(H,89,108)(H,90,105)(H,91,100)(H,92,104)(H,109,110)/t41-,42+,43?,44?,51-,52-,53-,54-,55-,56+,57-,58-,59-,61-,62-/m0/s1. The second-order valence-electron chi connectivity index (χ2n) is 26.9. The van der Waals surface area contributed by atoms with Crippen LogP contribution in [0.5, 0.6) is 0 Å². The van der Waals surface area contributed by atoms with E-state index < -0.39 is 187 Å². The molecule has 37 heteroatoms. The Kier molecular flexibility index (Phi) is 39.1. The van der Waals surface area contributed by atoms with E-state index in [2.05, 4.69) is 99.4 Å². The highest BCUT2D eigenvalue weighted by atomic mass is 32.1. The fraction of sp³-hybridized carbons (Fsp3) is 0.467. The number of aliphatic hydroxyl groups is 3. The summed E-state index contributed by atoms with van der Waals surface area (Å²) in [6.45, 7) is 3.85. The lowest BCUT2D eigenvalue weighted by Crippen LogP contribution is -2.63. The third-order valence-electron chi connectivity index (χ3n) is 17.8. The van der Waals surface area contributed by atoms with Crippen LogP contribution >= 0.6 is 25.3 Å². The molecular formula is C75H105N17O18S2. The molecule has 13 amide bonds. The van der Waals surface area contributed by atoms with Gasteiger partial charge in [0.25, 0.3) is 0 Å². The number of aliphatic carboxylic acids is 1. The van der Waals surface area contributed by atoms with E-state index in [0.29, 0.717) is 52.4 Å². The molecule has 1 aromatic heterocycles. The van der Waals surface area contributed by atoms with Crippen molar-refractivity contribution in [1.82, 2.24) is 74.1 Å². The summed E-state index contributed by atoms with van der Waals surface area (Å²) < 4.78 is 0. The van der Waals surface area contributed by atoms with Crippen LogP contribution in [0.4, 0.5) is 0 Å². The maximum Gasteiger partial charge on any atom is 0.327 e. The Balaban J connectivity index is 1.44. The lowest BCUT2D eigenvalue weighted by Gasteiger charge is -2.29. The van der Waals surface area contributed by atoms with Crippen LogP contribution in [0.1, 0.15) is 88.5 Å². The Morgan fingerprint density at radius 2 is 0.759 bits per heavy atom. The van der Waals surface area contributed by atoms with Crippen molar-refractivity contribution in [1.29, 1.82) is 0 Å². The monoisotopic (exact) mass is 1600 g/mol. The largest absolute Gasteiger partial charge is 0.480 e. The predicted octanol–water partition coefficient (Wildman–Crippen LogP) is -4.30. The number of fused-ring (bicyclic) bond motifs is 1. The van der Waals surface area contributed by atoms with Crippen molar-refractivity contribution >= 4 is 119 Å². The number of benzene rings is 4. The highest BCUT2D eigenvalue weighted by Gasteiger charge is 2.39. The van der Waals surface area contributed by atoms with Gasteiger partial charge in [-0.2, -0.15) is 25.3 Å². The Labute approximate surface area is 658 Å². The molecule has 0 spiro atoms. The minimum Gasteiger partial charge on any atom is -0.480 e. The van der Waals surface area contributed by atoms with Crippen LogP contribution in [0.2, 0.25) is 0 Å². The van der Waals surface area contributed by atoms with Gasteiger partial charge in [-0.1, -0.05) is 109 Å². The van der Waals surface area contributed by atoms with E-state index in [9.17, 15) is 73.2 Å². The summed E-state index contributed by atoms with van der Waals surface area (Å²) in [6, 6.07) is 12.5. The van der Waals surface area contributed by atoms with Gasteiger partial charge in [0.1, 0.15) is 72.5 Å². The number of aromatic nitrogens is 1. The number of nitrogens with one attached hydrogen (secondary N) is 14. The SMILES string of the molecule is CC(O)[C@H](NC(=O)[C@H](Cc1ccccc1)NC(=O)[C@@H](NC(=O)[C@H](CCCCN)NC(=O)[C@@H](Cc1c[nH]c2ccccc12)NC(=O)[C@H](Cc1ccccc1)NC(=O)[C@H](Cc1ccccc1)NC(=O)[C@@H](C)NC(=O)[C@H](CCCCN)NC(=O)[C@H](CS)NC(=O)CNC(=O)[C@H](C)N)C(C)O)C(=O)N[C@@H](CO)C(=O)N[C@@H](CS)C(=O)O. The number of carbonyl (C=O) groups excluding carboxylic acids is 13. The van der Waals surface area contributed by atoms with Gasteiger partial charge >= 0.3 is 5.97 Å². The second-order valence-corrected chi connectivity index (χ2v) is 27.6. The van der Waals surface area contributed by atoms with E-state index in [0.717, 1.165) is 13.8 Å². The summed E-state index contributed by atoms with van der Waals surface area (Å²) >= 11 is 8.10. The van der Waals surface area contributed by atoms with E-state index >= 15 is 14.4 Å². The molecule has 24 N–H and O–H groups in total. The van der Waals surface area contributed by atoms with Crippen LogP contribution in [0, 0.1) is 0 Å². The van der Waals surface area contributed by atoms with Crippen LogP contribution in [0.3, 0.4) is 0 Å². The number of unbranched alkanes of at least 4 members (excludes halogenated alkanes) is 2. The van der Waals surface area contributed by atoms with Gasteiger partial charge in [0.2, 0.25) is 76.8 Å². The third kappa shape index (κ3) is 30.3. The van der Waals surface area contributed by atoms with Crippen LogP contribution < -0.4 is 86.3 Å². The number of hydrogen-bond acceptors (Lipinski definition) is 22. The fourth-order valence-electron chi connectivity index (χ4n) is 11.5. The molecule has 0 saturated heterocycles. The summed E-state index contributed by atoms with van der Waals surface area (Å²) in [6.07, 6.45) is -1.51. The number of aliphatic hydroxyl groups excluding tert-OH is 3. The average molecular weight is 1600 g/mol. The second kappa shape index (κ2) is 47.6. The highest BCUT2D eigenvalue weighted by Crippen LogP contribution is 2.21. The number of nitrogens with two attached hydrogens (primary N) is 3. The molecule has 15 atom stereocenters. The summed E-state index contributed by atoms with van der Waals surface area (Å²) in [5.74, 6) is -14.3. The quantitative estimate of drug-likeness (QED) is 0.0129. The van der Waals surface area contributed by atoms with Crippen molar-refractivity contribution in [3.8, 4) is 0 Å². The molecule has 35 nitrogen and oxygen atoms in total. The first-order chi connectivity index (χ1) is 53.4. The van der Waals surface area contributed by atoms with Crippen LogP contribution in [-0.4, -0.2) is 237 Å². The molecule has 112 heavy (non-hydrogen) atoms. The Bertz CT molecular complexity index is 3960. The van der Waals surface area contributed by atoms with Gasteiger partial charge in [-0.15, -0.1) is 0 Å². The molecule has 0 aliphatic heterocycles. The molecule has 0 saturated carbocycles. The molecule has 1 heterocycles. The first-order valence-electron chi connectivity index (χ1n) is 36.6. The summed E-state index contributed by atoms with van der Waals surface area (Å²) in [5.41, 5.74) is 19.9. The number of carboxylic acid groups (broad SMARTS) is 1. The van der Waals surface area contributed by atoms with Gasteiger partial charge < -0.3 is 112 Å². The summed E-state index contributed by atoms with van der Waals surface area (Å²) in [5, 5.41) is 74.8. The number of amides is 13. The fourth-order valence-corrected chi connectivity index (χ4v) is 12.0. The molecule has 0 bridgehead atoms. The van der Waals surface area contributed by atoms with Gasteiger partial charge in [0.05, 0.1) is 31.4 Å². The topological polar surface area (TPSA) is 570 Å². The third-order valence-corrected chi connectivity index (χ3v) is 18.5. The zero-order valence-electron chi connectivity index (χ0n) is 62.7. The van der Waals surface area contributed by atoms with Crippen molar-refractivity contribution in [2.75, 3.05) is 37.7 Å². The van der Waals surface area contributed by atoms with Gasteiger partial charge in [-0.05, 0) is 108 Å². The predicted molar refractivity (Wildman–Crippen MR) is 420 cm³/mol. The maximum absolute atomic E-state index is 15.3. The van der Waals surface area contributed by atoms with Crippen LogP contribution in [0.25, 0.3) is 10.9 Å². The smallest absolute Gasteiger partial charge is 0.327 e. The number of carboxylic acids is 1. The van der Waals surface area contributed by atoms with E-state index in [1.54, 1.807) is 121 Å². The minimum atomic E-state index is -1.89. The first kappa shape index (κ1) is 92.1. The highest BCUT2D eigenvalue weighted by molar-refractivity contribution is 7.80. The molecule has 0 fully saturated rings. The van der Waals surface area contributed by atoms with Gasteiger partial charge in [0.15, 0.2) is 0 Å². The summed E-state index contributed by atoms with van der Waals surface area (Å²) in [7, 11) is 0. The number of thiol groups is 2. The van der Waals surface area contributed by atoms with Crippen LogP contribution in [0.15, 0.2) is 121 Å². The number of aromatic amines is 1. The molecule has 0 aliphatic rings. The number of rotatable bonds is 48. The Hall–Kier alpha value is -10.5. The van der Waals surface area contributed by atoms with Gasteiger partial charge in [0, 0.05) is 54.3 Å². The van der Waals surface area contributed by atoms with E-state index in [1.807, 2.05) is 0 Å². The van der Waals surface area contributed by atoms with E-state index in [1.165, 1.54) is 13.8 Å². The first-order valence-corrected chi connectivity index (χ1v) is 37.8. The van der Waals surface area contributed by atoms with Crippen molar-refractivity contribution in [3.63, 3.8) is 0 Å². The normalized spacial score (nSPS) is 15.2. The molecule has 5 rings (SSSR count). The maximum atomic E-state index is 15.3. The molecule has 610 valence electrons. The van der Waals surface area contributed by atoms with E-state index in [-0.39, 0.29) is 69.5 Å². The molecule has 4 aromatic carbocycles. The van der Waals surface area contributed by atoms with Crippen LogP contribution in [-0.2, 0) is 92.8 Å². The number of H-pyrrole nitrogens is 1. The van der Waals surface area contributed by atoms with E-state index in [4.69, 9.17) is 17.2 Å². The zero-order chi connectivity index (χ0) is 82.6. The number of hydrogen-bond donors (Lipinski definition) is 23. The van der Waals surface area contributed by atoms with Gasteiger partial charge in [-0.3, -0.25) is 62.3 Å². The van der Waals surface area contributed by atoms with Crippen molar-refractivity contribution in [2.45, 2.75) is 183 Å². The molecule has 0 radical (unpaired) electrons. The lowest BCUT2D eigenvalue weighted by atomic mass is 10.00.